The molecule has 0 unspecified atom stereocenters. The fraction of sp³-hybridized carbons (Fsp3) is 0.462. The molecule has 4 N–H and O–H groups in total. The van der Waals surface area contributed by atoms with Gasteiger partial charge in [-0.1, -0.05) is 18.3 Å². The normalized spacial score (nSPS) is 13.2. The van der Waals surface area contributed by atoms with Gasteiger partial charge in [0.1, 0.15) is 10.7 Å². The largest absolute Gasteiger partial charge is 0.382 e. The molecule has 0 spiro atoms. The smallest absolute Gasteiger partial charge is 0.271 e. The maximum absolute atomic E-state index is 12.3. The average molecular weight is 323 g/mol. The zero-order chi connectivity index (χ0) is 14.8. The molecule has 0 aromatic carbocycles. The molecule has 0 atom stereocenters. The van der Waals surface area contributed by atoms with Crippen molar-refractivity contribution in [3.05, 3.63) is 15.4 Å². The molecule has 8 heteroatoms. The van der Waals surface area contributed by atoms with E-state index in [1.807, 2.05) is 0 Å². The third-order valence-electron chi connectivity index (χ3n) is 3.20. The van der Waals surface area contributed by atoms with Crippen molar-refractivity contribution in [2.24, 2.45) is 0 Å². The number of hydrogen-bond acceptors (Lipinski definition) is 7. The first-order chi connectivity index (χ1) is 10.2. The van der Waals surface area contributed by atoms with E-state index in [2.05, 4.69) is 27.5 Å². The second-order valence-electron chi connectivity index (χ2n) is 4.86. The van der Waals surface area contributed by atoms with E-state index in [9.17, 15) is 4.79 Å². The summed E-state index contributed by atoms with van der Waals surface area (Å²) in [7, 11) is 0. The van der Waals surface area contributed by atoms with Gasteiger partial charge in [0, 0.05) is 11.4 Å². The van der Waals surface area contributed by atoms with Crippen molar-refractivity contribution in [1.29, 1.82) is 0 Å². The lowest BCUT2D eigenvalue weighted by Crippen LogP contribution is -2.12. The number of nitrogens with zero attached hydrogens (tertiary/aromatic N) is 2. The molecule has 2 aromatic heterocycles. The summed E-state index contributed by atoms with van der Waals surface area (Å²) in [5, 5.41) is 7.30. The first-order valence-electron chi connectivity index (χ1n) is 6.97. The zero-order valence-electron chi connectivity index (χ0n) is 11.7. The van der Waals surface area contributed by atoms with Gasteiger partial charge in [-0.25, -0.2) is 9.97 Å². The van der Waals surface area contributed by atoms with E-state index in [1.165, 1.54) is 16.2 Å². The number of carbonyl (C=O) groups excluding carboxylic acids is 1. The quantitative estimate of drug-likeness (QED) is 0.787. The van der Waals surface area contributed by atoms with E-state index in [-0.39, 0.29) is 11.7 Å². The van der Waals surface area contributed by atoms with Crippen LogP contribution in [0.2, 0.25) is 0 Å². The molecule has 3 rings (SSSR count). The predicted molar refractivity (Wildman–Crippen MR) is 87.4 cm³/mol. The minimum Gasteiger partial charge on any atom is -0.382 e. The van der Waals surface area contributed by atoms with E-state index in [0.717, 1.165) is 37.9 Å². The highest BCUT2D eigenvalue weighted by molar-refractivity contribution is 7.18. The van der Waals surface area contributed by atoms with Crippen LogP contribution in [0.4, 0.5) is 16.1 Å². The van der Waals surface area contributed by atoms with Crippen molar-refractivity contribution < 1.29 is 4.79 Å². The second-order valence-corrected chi connectivity index (χ2v) is 6.94. The van der Waals surface area contributed by atoms with Gasteiger partial charge >= 0.3 is 0 Å². The van der Waals surface area contributed by atoms with Crippen LogP contribution in [0.1, 0.15) is 40.0 Å². The molecular weight excluding hydrogens is 306 g/mol. The van der Waals surface area contributed by atoms with Gasteiger partial charge in [0.15, 0.2) is 10.3 Å². The molecule has 2 heterocycles. The third-order valence-corrected chi connectivity index (χ3v) is 5.30. The fourth-order valence-corrected chi connectivity index (χ4v) is 4.05. The van der Waals surface area contributed by atoms with Gasteiger partial charge in [0.2, 0.25) is 0 Å². The number of amides is 1. The summed E-state index contributed by atoms with van der Waals surface area (Å²) in [5.41, 5.74) is 6.94. The summed E-state index contributed by atoms with van der Waals surface area (Å²) >= 11 is 2.83. The molecular formula is C13H17N5OS2. The van der Waals surface area contributed by atoms with Crippen LogP contribution in [0.5, 0.6) is 0 Å². The molecule has 0 fully saturated rings. The first-order valence-corrected chi connectivity index (χ1v) is 8.60. The Morgan fingerprint density at radius 2 is 2.14 bits per heavy atom. The van der Waals surface area contributed by atoms with E-state index < -0.39 is 0 Å². The number of aryl methyl sites for hydroxylation is 2. The van der Waals surface area contributed by atoms with Gasteiger partial charge in [-0.05, 0) is 25.7 Å². The third kappa shape index (κ3) is 3.01. The Bertz CT molecular complexity index is 642. The number of aromatic nitrogens is 2. The lowest BCUT2D eigenvalue weighted by atomic mass is 10.4. The van der Waals surface area contributed by atoms with Crippen LogP contribution in [0.25, 0.3) is 0 Å². The molecule has 6 nitrogen and oxygen atoms in total. The van der Waals surface area contributed by atoms with Crippen LogP contribution < -0.4 is 16.4 Å². The molecule has 1 aliphatic carbocycles. The minimum atomic E-state index is -0.234. The maximum Gasteiger partial charge on any atom is 0.271 e. The Kier molecular flexibility index (Phi) is 4.07. The molecule has 2 aromatic rings. The number of hydrogen-bond donors (Lipinski definition) is 3. The molecule has 112 valence electrons. The first kappa shape index (κ1) is 14.3. The Labute approximate surface area is 130 Å². The van der Waals surface area contributed by atoms with Crippen LogP contribution in [0, 0.1) is 0 Å². The molecule has 0 saturated carbocycles. The second kappa shape index (κ2) is 5.98. The SMILES string of the molecule is CCCNc1nc(N)c(C(=O)Nc2nc3c(s2)CCC3)s1. The molecule has 1 aliphatic rings. The molecule has 21 heavy (non-hydrogen) atoms. The molecule has 0 saturated heterocycles. The van der Waals surface area contributed by atoms with Gasteiger partial charge in [-0.2, -0.15) is 0 Å². The van der Waals surface area contributed by atoms with E-state index in [4.69, 9.17) is 5.73 Å². The summed E-state index contributed by atoms with van der Waals surface area (Å²) in [4.78, 5) is 22.6. The molecule has 0 aliphatic heterocycles. The van der Waals surface area contributed by atoms with Crippen LogP contribution in [0.15, 0.2) is 0 Å². The Hall–Kier alpha value is -1.67. The highest BCUT2D eigenvalue weighted by atomic mass is 32.1. The van der Waals surface area contributed by atoms with Gasteiger partial charge in [0.05, 0.1) is 5.69 Å². The summed E-state index contributed by atoms with van der Waals surface area (Å²) < 4.78 is 0. The van der Waals surface area contributed by atoms with Crippen molar-refractivity contribution in [2.45, 2.75) is 32.6 Å². The molecule has 1 amide bonds. The number of thiazole rings is 2. The average Bonchev–Trinajstić information content (AvgIpc) is 3.10. The van der Waals surface area contributed by atoms with Crippen LogP contribution >= 0.6 is 22.7 Å². The standard InChI is InChI=1S/C13H17N5OS2/c1-2-6-15-12-17-10(14)9(21-12)11(19)18-13-16-7-4-3-5-8(7)20-13/h2-6,14H2,1H3,(H,15,17)(H,16,18,19). The number of nitrogens with two attached hydrogens (primary N) is 1. The van der Waals surface area contributed by atoms with Crippen molar-refractivity contribution in [2.75, 3.05) is 22.9 Å². The number of rotatable bonds is 5. The lowest BCUT2D eigenvalue weighted by molar-refractivity contribution is 0.103. The Balaban J connectivity index is 1.71. The highest BCUT2D eigenvalue weighted by Crippen LogP contribution is 2.31. The van der Waals surface area contributed by atoms with Crippen LogP contribution in [0.3, 0.4) is 0 Å². The van der Waals surface area contributed by atoms with Gasteiger partial charge < -0.3 is 11.1 Å². The Morgan fingerprint density at radius 1 is 1.29 bits per heavy atom. The highest BCUT2D eigenvalue weighted by Gasteiger charge is 2.20. The van der Waals surface area contributed by atoms with Crippen molar-refractivity contribution in [1.82, 2.24) is 9.97 Å². The number of nitrogen functional groups attached to an aromatic ring is 1. The predicted octanol–water partition coefficient (Wildman–Crippen LogP) is 2.74. The van der Waals surface area contributed by atoms with Crippen LogP contribution in [-0.4, -0.2) is 22.4 Å². The minimum absolute atomic E-state index is 0.234. The number of nitrogens with one attached hydrogen (secondary N) is 2. The summed E-state index contributed by atoms with van der Waals surface area (Å²) in [6.45, 7) is 2.88. The van der Waals surface area contributed by atoms with Crippen molar-refractivity contribution >= 4 is 44.7 Å². The fourth-order valence-electron chi connectivity index (χ4n) is 2.20. The van der Waals surface area contributed by atoms with Gasteiger partial charge in [-0.3, -0.25) is 10.1 Å². The van der Waals surface area contributed by atoms with E-state index in [0.29, 0.717) is 15.1 Å². The maximum atomic E-state index is 12.3. The lowest BCUT2D eigenvalue weighted by Gasteiger charge is -1.99. The number of carbonyl (C=O) groups is 1. The van der Waals surface area contributed by atoms with Crippen molar-refractivity contribution in [3.8, 4) is 0 Å². The van der Waals surface area contributed by atoms with Crippen LogP contribution in [-0.2, 0) is 12.8 Å². The number of anilines is 3. The number of fused-ring (bicyclic) bond motifs is 1. The van der Waals surface area contributed by atoms with E-state index in [1.54, 1.807) is 11.3 Å². The van der Waals surface area contributed by atoms with Gasteiger partial charge in [0.25, 0.3) is 5.91 Å². The Morgan fingerprint density at radius 3 is 2.90 bits per heavy atom. The van der Waals surface area contributed by atoms with E-state index >= 15 is 0 Å². The summed E-state index contributed by atoms with van der Waals surface area (Å²) in [6.07, 6.45) is 4.23. The zero-order valence-corrected chi connectivity index (χ0v) is 13.4. The van der Waals surface area contributed by atoms with Crippen molar-refractivity contribution in [3.63, 3.8) is 0 Å². The summed E-state index contributed by atoms with van der Waals surface area (Å²) in [6, 6.07) is 0. The molecule has 0 radical (unpaired) electrons. The van der Waals surface area contributed by atoms with Gasteiger partial charge in [-0.15, -0.1) is 11.3 Å². The topological polar surface area (TPSA) is 92.9 Å². The monoisotopic (exact) mass is 323 g/mol. The summed E-state index contributed by atoms with van der Waals surface area (Å²) in [5.74, 6) is 0.0298. The molecule has 0 bridgehead atoms.